The fourth-order valence-corrected chi connectivity index (χ4v) is 15.0. The van der Waals surface area contributed by atoms with E-state index < -0.39 is 11.8 Å². The van der Waals surface area contributed by atoms with E-state index in [4.69, 9.17) is 32.7 Å². The number of rotatable bonds is 14. The van der Waals surface area contributed by atoms with Gasteiger partial charge in [-0.15, -0.1) is 0 Å². The molecule has 0 bridgehead atoms. The molecule has 2 unspecified atom stereocenters. The van der Waals surface area contributed by atoms with Crippen LogP contribution in [0.25, 0.3) is 66.0 Å². The lowest BCUT2D eigenvalue weighted by Crippen LogP contribution is -2.45. The number of para-hydroxylation sites is 1. The molecule has 0 amide bonds. The molecule has 1 aliphatic carbocycles. The van der Waals surface area contributed by atoms with Crippen LogP contribution >= 0.6 is 23.2 Å². The Morgan fingerprint density at radius 1 is 0.484 bits per heavy atom. The summed E-state index contributed by atoms with van der Waals surface area (Å²) in [5.74, 6) is -1.33. The van der Waals surface area contributed by atoms with Crippen molar-refractivity contribution in [2.45, 2.75) is 210 Å². The second kappa shape index (κ2) is 23.6. The summed E-state index contributed by atoms with van der Waals surface area (Å²) < 4.78 is 18.7. The summed E-state index contributed by atoms with van der Waals surface area (Å²) >= 11 is 14.2. The number of nitrogens with zero attached hydrogens (tertiary/aromatic N) is 2. The molecular formula is C83H102Cl2N2O4. The Morgan fingerprint density at radius 2 is 0.945 bits per heavy atom. The Labute approximate surface area is 554 Å². The van der Waals surface area contributed by atoms with Crippen LogP contribution in [0.4, 0.5) is 0 Å². The van der Waals surface area contributed by atoms with Gasteiger partial charge in [-0.3, -0.25) is 0 Å². The SMILES string of the molecule is CC(C)(C)CC(C)(C)C1=CC(n2c3ccc(C(C)(C)C)cc3c3cc(C(C)(C)C)ccc32)C(O)(OCCCOc2c(Cl)cccc2-c2cc(C(C)(C)CC(C)(C)C)cc(-n3c4ccc(C(C)(C)C)cc4c4cc(C(C)(C)C)ccc43)c2O)C(c2cccc(Cl)c2)=C1. The van der Waals surface area contributed by atoms with E-state index in [1.54, 1.807) is 0 Å². The molecule has 2 heterocycles. The van der Waals surface area contributed by atoms with Gasteiger partial charge in [0.2, 0.25) is 5.79 Å². The normalized spacial score (nSPS) is 16.8. The van der Waals surface area contributed by atoms with Gasteiger partial charge in [-0.1, -0.05) is 230 Å². The van der Waals surface area contributed by atoms with Gasteiger partial charge >= 0.3 is 0 Å². The van der Waals surface area contributed by atoms with Gasteiger partial charge in [0.15, 0.2) is 0 Å². The lowest BCUT2D eigenvalue weighted by Gasteiger charge is -2.44. The number of phenols is 1. The minimum atomic E-state index is -1.91. The van der Waals surface area contributed by atoms with E-state index in [9.17, 15) is 10.2 Å². The zero-order chi connectivity index (χ0) is 66.7. The number of aliphatic hydroxyl groups is 1. The fourth-order valence-electron chi connectivity index (χ4n) is 14.6. The first-order valence-corrected chi connectivity index (χ1v) is 33.8. The molecule has 2 atom stereocenters. The van der Waals surface area contributed by atoms with Crippen LogP contribution in [0, 0.1) is 16.2 Å². The summed E-state index contributed by atoms with van der Waals surface area (Å²) in [6.45, 7) is 50.4. The van der Waals surface area contributed by atoms with Crippen LogP contribution in [-0.4, -0.2) is 38.3 Å². The first-order chi connectivity index (χ1) is 42.0. The van der Waals surface area contributed by atoms with Gasteiger partial charge in [-0.05, 0) is 180 Å². The van der Waals surface area contributed by atoms with Gasteiger partial charge in [0, 0.05) is 60.7 Å². The summed E-state index contributed by atoms with van der Waals surface area (Å²) in [6.07, 6.45) is 6.59. The van der Waals surface area contributed by atoms with Gasteiger partial charge in [0.05, 0.1) is 35.0 Å². The maximum Gasteiger partial charge on any atom is 0.218 e. The molecule has 10 rings (SSSR count). The van der Waals surface area contributed by atoms with Crippen LogP contribution in [0.3, 0.4) is 0 Å². The Hall–Kier alpha value is -6.28. The number of benzene rings is 7. The molecule has 0 saturated heterocycles. The Kier molecular flexibility index (Phi) is 17.6. The highest BCUT2D eigenvalue weighted by Gasteiger charge is 2.48. The predicted molar refractivity (Wildman–Crippen MR) is 390 cm³/mol. The number of aromatic nitrogens is 2. The molecule has 2 aromatic heterocycles. The summed E-state index contributed by atoms with van der Waals surface area (Å²) in [5, 5.41) is 32.9. The number of aromatic hydroxyl groups is 1. The summed E-state index contributed by atoms with van der Waals surface area (Å²) in [7, 11) is 0. The van der Waals surface area contributed by atoms with Crippen molar-refractivity contribution in [2.75, 3.05) is 13.2 Å². The van der Waals surface area contributed by atoms with Crippen LogP contribution in [0.15, 0.2) is 145 Å². The van der Waals surface area contributed by atoms with Crippen LogP contribution in [0.2, 0.25) is 10.0 Å². The Balaban J connectivity index is 1.09. The highest BCUT2D eigenvalue weighted by molar-refractivity contribution is 6.32. The van der Waals surface area contributed by atoms with Crippen molar-refractivity contribution in [3.05, 3.63) is 189 Å². The molecule has 0 saturated carbocycles. The number of hydrogen-bond acceptors (Lipinski definition) is 4. The summed E-state index contributed by atoms with van der Waals surface area (Å²) in [6, 6.07) is 44.4. The highest BCUT2D eigenvalue weighted by atomic mass is 35.5. The molecule has 0 radical (unpaired) electrons. The molecule has 0 aliphatic heterocycles. The quantitative estimate of drug-likeness (QED) is 0.0841. The molecular weight excluding hydrogens is 1160 g/mol. The van der Waals surface area contributed by atoms with Gasteiger partial charge < -0.3 is 28.8 Å². The monoisotopic (exact) mass is 1260 g/mol. The van der Waals surface area contributed by atoms with Crippen molar-refractivity contribution in [3.63, 3.8) is 0 Å². The van der Waals surface area contributed by atoms with Gasteiger partial charge in [-0.25, -0.2) is 0 Å². The van der Waals surface area contributed by atoms with Crippen molar-refractivity contribution < 1.29 is 19.7 Å². The van der Waals surface area contributed by atoms with E-state index >= 15 is 0 Å². The molecule has 482 valence electrons. The Morgan fingerprint density at radius 3 is 1.42 bits per heavy atom. The largest absolute Gasteiger partial charge is 0.505 e. The third-order valence-corrected chi connectivity index (χ3v) is 19.4. The van der Waals surface area contributed by atoms with E-state index in [0.29, 0.717) is 44.6 Å². The summed E-state index contributed by atoms with van der Waals surface area (Å²) in [4.78, 5) is 0. The van der Waals surface area contributed by atoms with E-state index in [-0.39, 0.29) is 62.3 Å². The van der Waals surface area contributed by atoms with Crippen LogP contribution in [0.5, 0.6) is 11.5 Å². The van der Waals surface area contributed by atoms with E-state index in [1.165, 1.54) is 22.3 Å². The van der Waals surface area contributed by atoms with Crippen LogP contribution < -0.4 is 4.74 Å². The number of halogens is 2. The van der Waals surface area contributed by atoms with E-state index in [2.05, 4.69) is 259 Å². The lowest BCUT2D eigenvalue weighted by atomic mass is 9.68. The Bertz CT molecular complexity index is 4190. The lowest BCUT2D eigenvalue weighted by molar-refractivity contribution is -0.179. The summed E-state index contributed by atoms with van der Waals surface area (Å²) in [5.41, 5.74) is 13.6. The van der Waals surface area contributed by atoms with Crippen LogP contribution in [-0.2, 0) is 31.8 Å². The maximum absolute atomic E-state index is 14.2. The number of allylic oxidation sites excluding steroid dienone is 2. The third-order valence-electron chi connectivity index (χ3n) is 18.8. The first kappa shape index (κ1) is 67.6. The van der Waals surface area contributed by atoms with Crippen molar-refractivity contribution >= 4 is 72.4 Å². The molecule has 0 fully saturated rings. The van der Waals surface area contributed by atoms with Gasteiger partial charge in [0.25, 0.3) is 0 Å². The van der Waals surface area contributed by atoms with Gasteiger partial charge in [-0.2, -0.15) is 0 Å². The molecule has 2 N–H and O–H groups in total. The molecule has 9 aromatic rings. The third kappa shape index (κ3) is 13.6. The average Bonchev–Trinajstić information content (AvgIpc) is 1.64. The van der Waals surface area contributed by atoms with E-state index in [0.717, 1.165) is 73.2 Å². The van der Waals surface area contributed by atoms with E-state index in [1.807, 2.05) is 42.5 Å². The maximum atomic E-state index is 14.2. The number of hydrogen-bond donors (Lipinski definition) is 2. The topological polar surface area (TPSA) is 68.8 Å². The minimum absolute atomic E-state index is 0.000338. The average molecular weight is 1260 g/mol. The second-order valence-corrected chi connectivity index (χ2v) is 35.1. The van der Waals surface area contributed by atoms with Crippen molar-refractivity contribution in [2.24, 2.45) is 16.2 Å². The highest BCUT2D eigenvalue weighted by Crippen LogP contribution is 2.53. The molecule has 1 aliphatic rings. The van der Waals surface area contributed by atoms with Crippen LogP contribution in [0.1, 0.15) is 211 Å². The first-order valence-electron chi connectivity index (χ1n) is 33.0. The van der Waals surface area contributed by atoms with Crippen molar-refractivity contribution in [1.29, 1.82) is 0 Å². The number of phenolic OH excluding ortho intramolecular Hbond substituents is 1. The fraction of sp³-hybridized carbons (Fsp3) is 0.446. The predicted octanol–water partition coefficient (Wildman–Crippen LogP) is 23.7. The molecule has 8 heteroatoms. The van der Waals surface area contributed by atoms with Gasteiger partial charge in [0.1, 0.15) is 17.5 Å². The molecule has 7 aromatic carbocycles. The minimum Gasteiger partial charge on any atom is -0.505 e. The number of fused-ring (bicyclic) bond motifs is 6. The van der Waals surface area contributed by atoms with Crippen molar-refractivity contribution in [1.82, 2.24) is 9.13 Å². The zero-order valence-corrected chi connectivity index (χ0v) is 60.3. The molecule has 0 spiro atoms. The smallest absolute Gasteiger partial charge is 0.218 e. The van der Waals surface area contributed by atoms with Crippen molar-refractivity contribution in [3.8, 4) is 28.3 Å². The molecule has 6 nitrogen and oxygen atoms in total. The second-order valence-electron chi connectivity index (χ2n) is 34.3. The molecule has 91 heavy (non-hydrogen) atoms. The zero-order valence-electron chi connectivity index (χ0n) is 58.8. The number of ether oxygens (including phenoxy) is 2. The standard InChI is InChI=1S/C83H102Cl2N2O4/c1-75(2,3)49-81(19,20)56-45-64(73(88)71(47-56)86-67-34-30-52(77(7,8)9)41-60(67)61-42-53(78(10,11)12)31-35-68(61)86)59-28-24-29-66(85)74(59)90-38-25-39-91-83(89)65(51-26-23-27-58(84)40-51)46-57(82(21,22)50-76(4,5)6)48-72(83)87-69-36-32-54(79(13,14)15)43-62(69)63-44-55(80(16,17)18)33-37-70(63)87/h23-24,26-37,40-48,72,88-89H,25,38-39,49-50H2,1-22H3.